The Bertz CT molecular complexity index is 462. The molecule has 1 aliphatic heterocycles. The van der Waals surface area contributed by atoms with Gasteiger partial charge in [0.25, 0.3) is 0 Å². The minimum Gasteiger partial charge on any atom is -0.469 e. The summed E-state index contributed by atoms with van der Waals surface area (Å²) >= 11 is 0. The molecule has 0 saturated carbocycles. The second kappa shape index (κ2) is 4.40. The minimum atomic E-state index is -0.906. The number of hydrogen-bond acceptors (Lipinski definition) is 5. The van der Waals surface area contributed by atoms with Gasteiger partial charge in [-0.3, -0.25) is 9.59 Å². The average molecular weight is 250 g/mol. The molecule has 18 heavy (non-hydrogen) atoms. The van der Waals surface area contributed by atoms with E-state index in [0.717, 1.165) is 0 Å². The molecule has 1 heterocycles. The molecule has 0 amide bonds. The lowest BCUT2D eigenvalue weighted by molar-refractivity contribution is -0.149. The molecule has 0 unspecified atom stereocenters. The maximum atomic E-state index is 11.6. The molecule has 0 radical (unpaired) electrons. The highest BCUT2D eigenvalue weighted by Crippen LogP contribution is 2.45. The third-order valence-corrected chi connectivity index (χ3v) is 3.46. The average Bonchev–Trinajstić information content (AvgIpc) is 2.60. The zero-order valence-electron chi connectivity index (χ0n) is 10.1. The first kappa shape index (κ1) is 12.5. The van der Waals surface area contributed by atoms with Crippen molar-refractivity contribution in [3.63, 3.8) is 0 Å². The van der Waals surface area contributed by atoms with Crippen LogP contribution in [0.3, 0.4) is 0 Å². The summed E-state index contributed by atoms with van der Waals surface area (Å²) in [6, 6.07) is 0. The van der Waals surface area contributed by atoms with Gasteiger partial charge in [0.15, 0.2) is 5.78 Å². The molecule has 1 fully saturated rings. The largest absolute Gasteiger partial charge is 0.469 e. The molecule has 2 atom stereocenters. The van der Waals surface area contributed by atoms with Crippen molar-refractivity contribution in [2.75, 3.05) is 7.11 Å². The van der Waals surface area contributed by atoms with E-state index in [1.807, 2.05) is 0 Å². The molecule has 0 aromatic carbocycles. The number of fused-ring (bicyclic) bond motifs is 1. The molecule has 96 valence electrons. The van der Waals surface area contributed by atoms with Gasteiger partial charge < -0.3 is 9.47 Å². The van der Waals surface area contributed by atoms with Gasteiger partial charge in [-0.2, -0.15) is 0 Å². The maximum Gasteiger partial charge on any atom is 0.334 e. The highest BCUT2D eigenvalue weighted by molar-refractivity contribution is 5.98. The van der Waals surface area contributed by atoms with Crippen LogP contribution in [0, 0.1) is 5.92 Å². The van der Waals surface area contributed by atoms with Crippen LogP contribution < -0.4 is 0 Å². The van der Waals surface area contributed by atoms with Crippen molar-refractivity contribution >= 4 is 17.7 Å². The molecule has 0 spiro atoms. The molecule has 2 rings (SSSR count). The number of ketones is 1. The van der Waals surface area contributed by atoms with E-state index < -0.39 is 11.6 Å². The fraction of sp³-hybridized carbons (Fsp3) is 0.462. The number of carbonyl (C=O) groups excluding carboxylic acids is 3. The van der Waals surface area contributed by atoms with E-state index in [4.69, 9.17) is 4.74 Å². The molecular weight excluding hydrogens is 236 g/mol. The van der Waals surface area contributed by atoms with Gasteiger partial charge in [0, 0.05) is 30.8 Å². The molecule has 1 aliphatic carbocycles. The lowest BCUT2D eigenvalue weighted by atomic mass is 9.75. The van der Waals surface area contributed by atoms with E-state index in [0.29, 0.717) is 12.0 Å². The normalized spacial score (nSPS) is 30.1. The Morgan fingerprint density at radius 1 is 1.61 bits per heavy atom. The maximum absolute atomic E-state index is 11.6. The summed E-state index contributed by atoms with van der Waals surface area (Å²) in [4.78, 5) is 34.2. The van der Waals surface area contributed by atoms with Crippen LogP contribution in [0.5, 0.6) is 0 Å². The fourth-order valence-corrected chi connectivity index (χ4v) is 2.40. The van der Waals surface area contributed by atoms with Gasteiger partial charge in [0.05, 0.1) is 7.11 Å². The summed E-state index contributed by atoms with van der Waals surface area (Å²) in [5, 5.41) is 0. The fourth-order valence-electron chi connectivity index (χ4n) is 2.40. The topological polar surface area (TPSA) is 69.7 Å². The summed E-state index contributed by atoms with van der Waals surface area (Å²) < 4.78 is 9.89. The van der Waals surface area contributed by atoms with E-state index in [-0.39, 0.29) is 30.5 Å². The van der Waals surface area contributed by atoms with E-state index >= 15 is 0 Å². The second-order valence-electron chi connectivity index (χ2n) is 4.50. The number of ether oxygens (including phenoxy) is 2. The van der Waals surface area contributed by atoms with Crippen LogP contribution >= 0.6 is 0 Å². The highest BCUT2D eigenvalue weighted by atomic mass is 16.6. The lowest BCUT2D eigenvalue weighted by Crippen LogP contribution is -2.38. The van der Waals surface area contributed by atoms with Crippen molar-refractivity contribution in [2.45, 2.75) is 24.9 Å². The number of allylic oxidation sites excluding steroid dienone is 1. The first-order chi connectivity index (χ1) is 8.48. The third-order valence-electron chi connectivity index (χ3n) is 3.46. The zero-order chi connectivity index (χ0) is 13.3. The summed E-state index contributed by atoms with van der Waals surface area (Å²) in [5.41, 5.74) is -0.603. The molecule has 0 bridgehead atoms. The molecule has 5 heteroatoms. The Hall–Kier alpha value is -1.91. The van der Waals surface area contributed by atoms with E-state index in [9.17, 15) is 14.4 Å². The van der Waals surface area contributed by atoms with Crippen LogP contribution in [0.1, 0.15) is 19.3 Å². The van der Waals surface area contributed by atoms with Crippen molar-refractivity contribution in [3.8, 4) is 0 Å². The third kappa shape index (κ3) is 1.96. The highest BCUT2D eigenvalue weighted by Gasteiger charge is 2.52. The van der Waals surface area contributed by atoms with Crippen molar-refractivity contribution in [3.05, 3.63) is 24.3 Å². The quantitative estimate of drug-likeness (QED) is 0.550. The van der Waals surface area contributed by atoms with Crippen LogP contribution in [0.4, 0.5) is 0 Å². The van der Waals surface area contributed by atoms with Crippen molar-refractivity contribution in [1.29, 1.82) is 0 Å². The molecular formula is C13H14O5. The number of hydrogen-bond donors (Lipinski definition) is 0. The zero-order valence-corrected chi connectivity index (χ0v) is 10.1. The molecule has 0 aromatic heterocycles. The summed E-state index contributed by atoms with van der Waals surface area (Å²) in [6.07, 6.45) is 3.61. The van der Waals surface area contributed by atoms with Gasteiger partial charge in [0.2, 0.25) is 0 Å². The summed E-state index contributed by atoms with van der Waals surface area (Å²) in [7, 11) is 1.30. The molecule has 0 N–H and O–H groups in total. The Morgan fingerprint density at radius 3 is 3.00 bits per heavy atom. The monoisotopic (exact) mass is 250 g/mol. The number of esters is 2. The smallest absolute Gasteiger partial charge is 0.334 e. The van der Waals surface area contributed by atoms with Gasteiger partial charge in [-0.1, -0.05) is 6.58 Å². The van der Waals surface area contributed by atoms with Crippen molar-refractivity contribution < 1.29 is 23.9 Å². The van der Waals surface area contributed by atoms with Gasteiger partial charge >= 0.3 is 11.9 Å². The van der Waals surface area contributed by atoms with E-state index in [1.165, 1.54) is 13.2 Å². The van der Waals surface area contributed by atoms with Crippen LogP contribution in [-0.2, 0) is 23.9 Å². The predicted octanol–water partition coefficient (Wildman–Crippen LogP) is 0.937. The number of methoxy groups -OCH3 is 1. The number of carbonyl (C=O) groups is 3. The van der Waals surface area contributed by atoms with E-state index in [2.05, 4.69) is 11.3 Å². The standard InChI is InChI=1S/C13H14O5/c1-8-10-7-9(14)3-5-13(10,18-12(8)16)6-4-11(15)17-2/h3,5,10H,1,4,6-7H2,2H3/t10-,13+/m0/s1. The minimum absolute atomic E-state index is 0.0619. The Labute approximate surface area is 104 Å². The Morgan fingerprint density at radius 2 is 2.33 bits per heavy atom. The molecule has 2 aliphatic rings. The van der Waals surface area contributed by atoms with Gasteiger partial charge in [0.1, 0.15) is 5.60 Å². The summed E-state index contributed by atoms with van der Waals surface area (Å²) in [5.74, 6) is -1.30. The van der Waals surface area contributed by atoms with E-state index in [1.54, 1.807) is 6.08 Å². The van der Waals surface area contributed by atoms with Crippen LogP contribution in [0.2, 0.25) is 0 Å². The van der Waals surface area contributed by atoms with Crippen molar-refractivity contribution in [1.82, 2.24) is 0 Å². The predicted molar refractivity (Wildman–Crippen MR) is 61.5 cm³/mol. The van der Waals surface area contributed by atoms with Gasteiger partial charge in [-0.15, -0.1) is 0 Å². The van der Waals surface area contributed by atoms with Crippen LogP contribution in [0.25, 0.3) is 0 Å². The van der Waals surface area contributed by atoms with Crippen LogP contribution in [0.15, 0.2) is 24.3 Å². The van der Waals surface area contributed by atoms with Crippen LogP contribution in [-0.4, -0.2) is 30.4 Å². The lowest BCUT2D eigenvalue weighted by Gasteiger charge is -2.32. The molecule has 0 aromatic rings. The van der Waals surface area contributed by atoms with Gasteiger partial charge in [-0.05, 0) is 12.2 Å². The Balaban J connectivity index is 2.23. The first-order valence-electron chi connectivity index (χ1n) is 5.69. The molecule has 5 nitrogen and oxygen atoms in total. The summed E-state index contributed by atoms with van der Waals surface area (Å²) in [6.45, 7) is 3.67. The number of rotatable bonds is 3. The first-order valence-corrected chi connectivity index (χ1v) is 5.69. The van der Waals surface area contributed by atoms with Gasteiger partial charge in [-0.25, -0.2) is 4.79 Å². The second-order valence-corrected chi connectivity index (χ2v) is 4.50. The van der Waals surface area contributed by atoms with Crippen molar-refractivity contribution in [2.24, 2.45) is 5.92 Å². The SMILES string of the molecule is C=C1C(=O)O[C@@]2(CCC(=O)OC)C=CC(=O)C[C@@H]12. The molecule has 1 saturated heterocycles. The Kier molecular flexibility index (Phi) is 3.07.